The summed E-state index contributed by atoms with van der Waals surface area (Å²) >= 11 is 0. The lowest BCUT2D eigenvalue weighted by Crippen LogP contribution is -2.45. The standard InChI is InChI=1S/C76H141NO3/c1-3-5-7-9-11-13-15-17-19-21-23-25-27-29-31-32-33-34-35-36-37-38-39-40-41-42-43-44-46-48-50-52-54-56-58-60-62-64-66-68-70-72-76(80)77-74(73-78)75(79)71-69-67-65-63-61-59-57-55-53-51-49-47-45-30-28-26-24-22-20-18-16-14-12-10-8-6-4-2/h5,7,11,13,17,19,23,25,61,63,69,71,74-75,78-79H,3-4,6,8-10,12,14-16,18,20-22,24,26-60,62,64-68,70,72-73H2,1-2H3,(H,77,80)/b7-5-,13-11-,19-17-,25-23-,63-61+,71-69+. The van der Waals surface area contributed by atoms with Gasteiger partial charge in [0.05, 0.1) is 18.8 Å². The summed E-state index contributed by atoms with van der Waals surface area (Å²) in [6, 6.07) is -0.641. The average molecular weight is 1120 g/mol. The largest absolute Gasteiger partial charge is 0.394 e. The Hall–Kier alpha value is -2.17. The minimum atomic E-state index is -0.864. The highest BCUT2D eigenvalue weighted by Crippen LogP contribution is 2.19. The molecular weight excluding hydrogens is 975 g/mol. The van der Waals surface area contributed by atoms with Crippen molar-refractivity contribution in [2.24, 2.45) is 0 Å². The van der Waals surface area contributed by atoms with Crippen LogP contribution in [0.1, 0.15) is 386 Å². The SMILES string of the molecule is CC/C=C\C/C=C\C/C=C\C/C=C\CCCCCCCCCCCCCCCCCCCCCCCCCCCCCCC(=O)NC(CO)C(O)/C=C/CC/C=C/CCCCCCCCCCCCCCCCCCCCCCC. The van der Waals surface area contributed by atoms with E-state index in [9.17, 15) is 15.0 Å². The van der Waals surface area contributed by atoms with Gasteiger partial charge < -0.3 is 15.5 Å². The number of hydrogen-bond acceptors (Lipinski definition) is 3. The average Bonchev–Trinajstić information content (AvgIpc) is 3.46. The highest BCUT2D eigenvalue weighted by molar-refractivity contribution is 5.76. The van der Waals surface area contributed by atoms with Crippen LogP contribution in [0, 0.1) is 0 Å². The topological polar surface area (TPSA) is 69.6 Å². The van der Waals surface area contributed by atoms with Gasteiger partial charge in [-0.3, -0.25) is 4.79 Å². The van der Waals surface area contributed by atoms with E-state index in [1.54, 1.807) is 6.08 Å². The van der Waals surface area contributed by atoms with E-state index >= 15 is 0 Å². The van der Waals surface area contributed by atoms with E-state index in [1.807, 2.05) is 6.08 Å². The maximum Gasteiger partial charge on any atom is 0.220 e. The van der Waals surface area contributed by atoms with Crippen LogP contribution < -0.4 is 5.32 Å². The summed E-state index contributed by atoms with van der Waals surface area (Å²) in [4.78, 5) is 12.5. The molecule has 4 nitrogen and oxygen atoms in total. The van der Waals surface area contributed by atoms with Crippen LogP contribution in [-0.4, -0.2) is 34.9 Å². The molecule has 4 heteroatoms. The van der Waals surface area contributed by atoms with Gasteiger partial charge in [0.2, 0.25) is 5.91 Å². The van der Waals surface area contributed by atoms with Crippen LogP contribution in [-0.2, 0) is 4.79 Å². The van der Waals surface area contributed by atoms with Crippen molar-refractivity contribution in [1.29, 1.82) is 0 Å². The lowest BCUT2D eigenvalue weighted by molar-refractivity contribution is -0.123. The van der Waals surface area contributed by atoms with Crippen molar-refractivity contribution in [3.05, 3.63) is 72.9 Å². The number of carbonyl (C=O) groups is 1. The normalized spacial score (nSPS) is 13.1. The van der Waals surface area contributed by atoms with Gasteiger partial charge in [-0.15, -0.1) is 0 Å². The van der Waals surface area contributed by atoms with E-state index in [0.717, 1.165) is 57.8 Å². The third-order valence-electron chi connectivity index (χ3n) is 16.7. The fourth-order valence-electron chi connectivity index (χ4n) is 11.3. The second kappa shape index (κ2) is 71.1. The molecule has 0 aromatic carbocycles. The minimum absolute atomic E-state index is 0.0665. The Morgan fingerprint density at radius 3 is 0.875 bits per heavy atom. The first-order valence-corrected chi connectivity index (χ1v) is 36.2. The Kier molecular flexibility index (Phi) is 69.2. The summed E-state index contributed by atoms with van der Waals surface area (Å²) in [6.45, 7) is 4.22. The Morgan fingerprint density at radius 1 is 0.312 bits per heavy atom. The molecule has 0 bridgehead atoms. The van der Waals surface area contributed by atoms with Gasteiger partial charge in [0.25, 0.3) is 0 Å². The van der Waals surface area contributed by atoms with E-state index in [-0.39, 0.29) is 12.5 Å². The highest BCUT2D eigenvalue weighted by atomic mass is 16.3. The lowest BCUT2D eigenvalue weighted by Gasteiger charge is -2.19. The minimum Gasteiger partial charge on any atom is -0.394 e. The molecule has 0 aliphatic heterocycles. The van der Waals surface area contributed by atoms with E-state index in [0.29, 0.717) is 6.42 Å². The number of allylic oxidation sites excluding steroid dienone is 11. The predicted octanol–water partition coefficient (Wildman–Crippen LogP) is 24.8. The monoisotopic (exact) mass is 1120 g/mol. The van der Waals surface area contributed by atoms with E-state index in [4.69, 9.17) is 0 Å². The van der Waals surface area contributed by atoms with Crippen molar-refractivity contribution in [3.8, 4) is 0 Å². The van der Waals surface area contributed by atoms with Crippen LogP contribution in [0.25, 0.3) is 0 Å². The van der Waals surface area contributed by atoms with Gasteiger partial charge in [0.15, 0.2) is 0 Å². The van der Waals surface area contributed by atoms with Crippen molar-refractivity contribution in [2.75, 3.05) is 6.61 Å². The van der Waals surface area contributed by atoms with Gasteiger partial charge in [0.1, 0.15) is 0 Å². The number of aliphatic hydroxyl groups is 2. The van der Waals surface area contributed by atoms with Crippen LogP contribution in [0.2, 0.25) is 0 Å². The van der Waals surface area contributed by atoms with Gasteiger partial charge in [-0.25, -0.2) is 0 Å². The quantitative estimate of drug-likeness (QED) is 0.0420. The molecule has 0 saturated heterocycles. The Labute approximate surface area is 501 Å². The Bertz CT molecular complexity index is 1360. The number of hydrogen-bond donors (Lipinski definition) is 3. The summed E-state index contributed by atoms with van der Waals surface area (Å²) in [6.07, 6.45) is 103. The van der Waals surface area contributed by atoms with Crippen LogP contribution in [0.15, 0.2) is 72.9 Å². The fraction of sp³-hybridized carbons (Fsp3) is 0.829. The first kappa shape index (κ1) is 77.8. The number of unbranched alkanes of at least 4 members (excludes halogenated alkanes) is 50. The molecule has 3 N–H and O–H groups in total. The fourth-order valence-corrected chi connectivity index (χ4v) is 11.3. The maximum atomic E-state index is 12.5. The van der Waals surface area contributed by atoms with Gasteiger partial charge >= 0.3 is 0 Å². The number of rotatable bonds is 67. The molecule has 0 rings (SSSR count). The van der Waals surface area contributed by atoms with E-state index in [1.165, 1.54) is 308 Å². The molecule has 2 unspecified atom stereocenters. The van der Waals surface area contributed by atoms with Crippen LogP contribution in [0.3, 0.4) is 0 Å². The van der Waals surface area contributed by atoms with E-state index < -0.39 is 12.1 Å². The molecular formula is C76H141NO3. The van der Waals surface area contributed by atoms with Crippen molar-refractivity contribution >= 4 is 5.91 Å². The zero-order valence-electron chi connectivity index (χ0n) is 54.1. The Morgan fingerprint density at radius 2 is 0.562 bits per heavy atom. The number of carbonyl (C=O) groups excluding carboxylic acids is 1. The van der Waals surface area contributed by atoms with Crippen LogP contribution in [0.5, 0.6) is 0 Å². The molecule has 0 heterocycles. The number of amides is 1. The third-order valence-corrected chi connectivity index (χ3v) is 16.7. The van der Waals surface area contributed by atoms with Gasteiger partial charge in [-0.05, 0) is 70.6 Å². The summed E-state index contributed by atoms with van der Waals surface area (Å²) in [7, 11) is 0. The number of aliphatic hydroxyl groups excluding tert-OH is 2. The highest BCUT2D eigenvalue weighted by Gasteiger charge is 2.18. The molecule has 0 fully saturated rings. The van der Waals surface area contributed by atoms with Gasteiger partial charge in [-0.2, -0.15) is 0 Å². The molecule has 0 saturated carbocycles. The number of nitrogens with one attached hydrogen (secondary N) is 1. The third kappa shape index (κ3) is 66.6. The molecule has 0 spiro atoms. The molecule has 0 aliphatic rings. The summed E-state index contributed by atoms with van der Waals surface area (Å²) < 4.78 is 0. The zero-order chi connectivity index (χ0) is 57.6. The smallest absolute Gasteiger partial charge is 0.220 e. The zero-order valence-corrected chi connectivity index (χ0v) is 54.1. The van der Waals surface area contributed by atoms with Crippen molar-refractivity contribution in [1.82, 2.24) is 5.32 Å². The summed E-state index contributed by atoms with van der Waals surface area (Å²) in [5.41, 5.74) is 0. The lowest BCUT2D eigenvalue weighted by atomic mass is 10.0. The first-order chi connectivity index (χ1) is 39.7. The second-order valence-corrected chi connectivity index (χ2v) is 24.6. The van der Waals surface area contributed by atoms with Crippen molar-refractivity contribution in [3.63, 3.8) is 0 Å². The molecule has 0 aliphatic carbocycles. The summed E-state index contributed by atoms with van der Waals surface area (Å²) in [5.74, 6) is -0.0665. The van der Waals surface area contributed by atoms with Crippen LogP contribution in [0.4, 0.5) is 0 Å². The predicted molar refractivity (Wildman–Crippen MR) is 359 cm³/mol. The van der Waals surface area contributed by atoms with Crippen molar-refractivity contribution in [2.45, 2.75) is 398 Å². The Balaban J connectivity index is 3.42. The second-order valence-electron chi connectivity index (χ2n) is 24.6. The molecule has 0 aromatic rings. The van der Waals surface area contributed by atoms with Gasteiger partial charge in [0, 0.05) is 6.42 Å². The van der Waals surface area contributed by atoms with Crippen molar-refractivity contribution < 1.29 is 15.0 Å². The molecule has 0 aromatic heterocycles. The first-order valence-electron chi connectivity index (χ1n) is 36.2. The molecule has 468 valence electrons. The molecule has 0 radical (unpaired) electrons. The summed E-state index contributed by atoms with van der Waals surface area (Å²) in [5, 5.41) is 23.3. The molecule has 80 heavy (non-hydrogen) atoms. The maximum absolute atomic E-state index is 12.5. The molecule has 1 amide bonds. The van der Waals surface area contributed by atoms with Gasteiger partial charge in [-0.1, -0.05) is 382 Å². The van der Waals surface area contributed by atoms with Crippen LogP contribution >= 0.6 is 0 Å². The molecule has 2 atom stereocenters. The van der Waals surface area contributed by atoms with E-state index in [2.05, 4.69) is 79.9 Å².